The Morgan fingerprint density at radius 3 is 2.17 bits per heavy atom. The summed E-state index contributed by atoms with van der Waals surface area (Å²) in [5.41, 5.74) is 2.68. The Morgan fingerprint density at radius 2 is 1.52 bits per heavy atom. The van der Waals surface area contributed by atoms with Gasteiger partial charge < -0.3 is 5.32 Å². The fourth-order valence-electron chi connectivity index (χ4n) is 3.03. The molecule has 5 nitrogen and oxygen atoms in total. The van der Waals surface area contributed by atoms with Crippen LogP contribution >= 0.6 is 0 Å². The summed E-state index contributed by atoms with van der Waals surface area (Å²) < 4.78 is 27.9. The van der Waals surface area contributed by atoms with Gasteiger partial charge in [0.15, 0.2) is 0 Å². The third kappa shape index (κ3) is 5.03. The minimum Gasteiger partial charge on any atom is -0.345 e. The van der Waals surface area contributed by atoms with Crippen molar-refractivity contribution >= 4 is 21.6 Å². The first kappa shape index (κ1) is 20.6. The Balaban J connectivity index is 1.84. The Kier molecular flexibility index (Phi) is 6.34. The Bertz CT molecular complexity index is 1080. The second-order valence-electron chi connectivity index (χ2n) is 6.81. The van der Waals surface area contributed by atoms with Crippen LogP contribution < -0.4 is 10.0 Å². The molecule has 0 aliphatic carbocycles. The molecule has 3 aromatic carbocycles. The number of aryl methyl sites for hydroxylation is 1. The highest BCUT2D eigenvalue weighted by Crippen LogP contribution is 2.23. The van der Waals surface area contributed by atoms with Gasteiger partial charge in [-0.1, -0.05) is 67.1 Å². The van der Waals surface area contributed by atoms with Crippen molar-refractivity contribution in [2.75, 3.05) is 4.72 Å². The van der Waals surface area contributed by atoms with Crippen LogP contribution in [0.2, 0.25) is 0 Å². The van der Waals surface area contributed by atoms with Crippen molar-refractivity contribution in [3.05, 3.63) is 95.6 Å². The number of benzene rings is 3. The van der Waals surface area contributed by atoms with Crippen molar-refractivity contribution in [2.45, 2.75) is 31.2 Å². The smallest absolute Gasteiger partial charge is 0.261 e. The lowest BCUT2D eigenvalue weighted by atomic mass is 10.0. The van der Waals surface area contributed by atoms with Gasteiger partial charge >= 0.3 is 0 Å². The van der Waals surface area contributed by atoms with Crippen LogP contribution in [-0.2, 0) is 10.0 Å². The molecule has 0 bridgehead atoms. The SMILES string of the molecule is CC[C@@H](NC(=O)c1ccccc1NS(=O)(=O)c1ccccc1)c1ccc(C)cc1. The summed E-state index contributed by atoms with van der Waals surface area (Å²) in [6.45, 7) is 4.01. The van der Waals surface area contributed by atoms with E-state index in [-0.39, 0.29) is 28.1 Å². The van der Waals surface area contributed by atoms with Crippen LogP contribution in [-0.4, -0.2) is 14.3 Å². The minimum atomic E-state index is -3.79. The van der Waals surface area contributed by atoms with Crippen molar-refractivity contribution in [1.29, 1.82) is 0 Å². The van der Waals surface area contributed by atoms with Gasteiger partial charge in [-0.3, -0.25) is 9.52 Å². The predicted molar refractivity (Wildman–Crippen MR) is 115 cm³/mol. The van der Waals surface area contributed by atoms with Gasteiger partial charge in [0.1, 0.15) is 0 Å². The van der Waals surface area contributed by atoms with Gasteiger partial charge in [0.05, 0.1) is 22.2 Å². The summed E-state index contributed by atoms with van der Waals surface area (Å²) in [7, 11) is -3.79. The van der Waals surface area contributed by atoms with Crippen LogP contribution in [0.25, 0.3) is 0 Å². The molecule has 150 valence electrons. The number of hydrogen-bond acceptors (Lipinski definition) is 3. The molecule has 1 amide bonds. The number of carbonyl (C=O) groups excluding carboxylic acids is 1. The van der Waals surface area contributed by atoms with Crippen LogP contribution in [0.1, 0.15) is 40.9 Å². The quantitative estimate of drug-likeness (QED) is 0.596. The summed E-state index contributed by atoms with van der Waals surface area (Å²) >= 11 is 0. The van der Waals surface area contributed by atoms with Crippen LogP contribution in [0.15, 0.2) is 83.8 Å². The Morgan fingerprint density at radius 1 is 0.897 bits per heavy atom. The van der Waals surface area contributed by atoms with E-state index in [2.05, 4.69) is 10.0 Å². The average Bonchev–Trinajstić information content (AvgIpc) is 2.73. The maximum atomic E-state index is 13.0. The van der Waals surface area contributed by atoms with E-state index in [0.717, 1.165) is 11.1 Å². The lowest BCUT2D eigenvalue weighted by Crippen LogP contribution is -2.29. The van der Waals surface area contributed by atoms with E-state index in [1.165, 1.54) is 12.1 Å². The molecule has 2 N–H and O–H groups in total. The fraction of sp³-hybridized carbons (Fsp3) is 0.174. The Hall–Kier alpha value is -3.12. The van der Waals surface area contributed by atoms with E-state index in [9.17, 15) is 13.2 Å². The van der Waals surface area contributed by atoms with Crippen molar-refractivity contribution in [3.8, 4) is 0 Å². The fourth-order valence-corrected chi connectivity index (χ4v) is 4.13. The third-order valence-electron chi connectivity index (χ3n) is 4.66. The molecule has 0 unspecified atom stereocenters. The van der Waals surface area contributed by atoms with E-state index >= 15 is 0 Å². The van der Waals surface area contributed by atoms with Crippen LogP contribution in [0.4, 0.5) is 5.69 Å². The third-order valence-corrected chi connectivity index (χ3v) is 6.04. The number of amides is 1. The molecule has 0 radical (unpaired) electrons. The number of para-hydroxylation sites is 1. The van der Waals surface area contributed by atoms with Crippen molar-refractivity contribution in [1.82, 2.24) is 5.32 Å². The summed E-state index contributed by atoms with van der Waals surface area (Å²) in [6, 6.07) is 22.5. The molecule has 0 saturated carbocycles. The van der Waals surface area contributed by atoms with Gasteiger partial charge in [-0.2, -0.15) is 0 Å². The van der Waals surface area contributed by atoms with Gasteiger partial charge in [0.25, 0.3) is 15.9 Å². The molecule has 0 aliphatic rings. The molecular weight excluding hydrogens is 384 g/mol. The first-order valence-corrected chi connectivity index (χ1v) is 10.9. The van der Waals surface area contributed by atoms with Gasteiger partial charge in [-0.15, -0.1) is 0 Å². The van der Waals surface area contributed by atoms with E-state index in [0.29, 0.717) is 6.42 Å². The lowest BCUT2D eigenvalue weighted by molar-refractivity contribution is 0.0936. The molecule has 0 aliphatic heterocycles. The predicted octanol–water partition coefficient (Wildman–Crippen LogP) is 4.68. The molecule has 0 fully saturated rings. The van der Waals surface area contributed by atoms with E-state index in [1.807, 2.05) is 38.1 Å². The zero-order valence-corrected chi connectivity index (χ0v) is 17.2. The average molecular weight is 409 g/mol. The monoisotopic (exact) mass is 408 g/mol. The summed E-state index contributed by atoms with van der Waals surface area (Å²) in [6.07, 6.45) is 0.715. The zero-order chi connectivity index (χ0) is 20.9. The first-order chi connectivity index (χ1) is 13.9. The van der Waals surface area contributed by atoms with Crippen LogP contribution in [0.3, 0.4) is 0 Å². The number of sulfonamides is 1. The Labute approximate surface area is 171 Å². The molecule has 0 heterocycles. The standard InChI is InChI=1S/C23H24N2O3S/c1-3-21(18-15-13-17(2)14-16-18)24-23(26)20-11-7-8-12-22(20)25-29(27,28)19-9-5-4-6-10-19/h4-16,21,25H,3H2,1-2H3,(H,24,26)/t21-/m1/s1. The largest absolute Gasteiger partial charge is 0.345 e. The topological polar surface area (TPSA) is 75.3 Å². The number of carbonyl (C=O) groups is 1. The van der Waals surface area contributed by atoms with Crippen molar-refractivity contribution < 1.29 is 13.2 Å². The minimum absolute atomic E-state index is 0.140. The van der Waals surface area contributed by atoms with Gasteiger partial charge in [-0.05, 0) is 43.2 Å². The maximum absolute atomic E-state index is 13.0. The first-order valence-electron chi connectivity index (χ1n) is 9.45. The van der Waals surface area contributed by atoms with Crippen molar-refractivity contribution in [2.24, 2.45) is 0 Å². The molecule has 1 atom stereocenters. The molecule has 3 rings (SSSR count). The highest BCUT2D eigenvalue weighted by atomic mass is 32.2. The molecule has 0 saturated heterocycles. The zero-order valence-electron chi connectivity index (χ0n) is 16.4. The molecule has 3 aromatic rings. The highest BCUT2D eigenvalue weighted by Gasteiger charge is 2.20. The maximum Gasteiger partial charge on any atom is 0.261 e. The van der Waals surface area contributed by atoms with Crippen LogP contribution in [0.5, 0.6) is 0 Å². The number of nitrogens with one attached hydrogen (secondary N) is 2. The normalized spacial score (nSPS) is 12.2. The number of rotatable bonds is 7. The molecular formula is C23H24N2O3S. The van der Waals surface area contributed by atoms with Crippen molar-refractivity contribution in [3.63, 3.8) is 0 Å². The summed E-state index contributed by atoms with van der Waals surface area (Å²) in [5, 5.41) is 3.01. The van der Waals surface area contributed by atoms with E-state index in [1.54, 1.807) is 42.5 Å². The molecule has 29 heavy (non-hydrogen) atoms. The second kappa shape index (κ2) is 8.92. The van der Waals surface area contributed by atoms with Crippen LogP contribution in [0, 0.1) is 6.92 Å². The van der Waals surface area contributed by atoms with E-state index < -0.39 is 10.0 Å². The van der Waals surface area contributed by atoms with Gasteiger partial charge in [0.2, 0.25) is 0 Å². The highest BCUT2D eigenvalue weighted by molar-refractivity contribution is 7.92. The van der Waals surface area contributed by atoms with E-state index in [4.69, 9.17) is 0 Å². The molecule has 0 aromatic heterocycles. The molecule has 6 heteroatoms. The summed E-state index contributed by atoms with van der Waals surface area (Å²) in [5.74, 6) is -0.330. The number of hydrogen-bond donors (Lipinski definition) is 2. The van der Waals surface area contributed by atoms with Gasteiger partial charge in [-0.25, -0.2) is 8.42 Å². The number of anilines is 1. The molecule has 0 spiro atoms. The second-order valence-corrected chi connectivity index (χ2v) is 8.49. The lowest BCUT2D eigenvalue weighted by Gasteiger charge is -2.19. The summed E-state index contributed by atoms with van der Waals surface area (Å²) in [4.78, 5) is 13.1. The van der Waals surface area contributed by atoms with Gasteiger partial charge in [0, 0.05) is 0 Å².